The quantitative estimate of drug-likeness (QED) is 0.319. The summed E-state index contributed by atoms with van der Waals surface area (Å²) in [6, 6.07) is 13.6. The third kappa shape index (κ3) is 7.66. The molecule has 1 N–H and O–H groups in total. The van der Waals surface area contributed by atoms with Gasteiger partial charge in [-0.3, -0.25) is 19.5 Å². The monoisotopic (exact) mass is 676 g/mol. The number of benzene rings is 2. The zero-order valence-electron chi connectivity index (χ0n) is 26.2. The molecule has 1 saturated heterocycles. The molecule has 45 heavy (non-hydrogen) atoms. The van der Waals surface area contributed by atoms with Crippen LogP contribution in [-0.4, -0.2) is 68.3 Å². The second-order valence-corrected chi connectivity index (χ2v) is 12.6. The van der Waals surface area contributed by atoms with Crippen LogP contribution < -0.4 is 14.8 Å². The van der Waals surface area contributed by atoms with Gasteiger partial charge in [-0.2, -0.15) is 5.26 Å². The van der Waals surface area contributed by atoms with Crippen molar-refractivity contribution in [2.45, 2.75) is 52.6 Å². The molecule has 1 amide bonds. The van der Waals surface area contributed by atoms with Crippen molar-refractivity contribution in [3.8, 4) is 17.6 Å². The van der Waals surface area contributed by atoms with E-state index in [0.29, 0.717) is 46.7 Å². The zero-order valence-corrected chi connectivity index (χ0v) is 27.8. The number of aliphatic imine (C=N–C) groups is 1. The maximum absolute atomic E-state index is 13.4. The van der Waals surface area contributed by atoms with E-state index >= 15 is 0 Å². The minimum absolute atomic E-state index is 0.0732. The number of carbonyl (C=O) groups excluding carboxylic acids is 2. The third-order valence-electron chi connectivity index (χ3n) is 8.77. The van der Waals surface area contributed by atoms with Crippen molar-refractivity contribution in [1.82, 2.24) is 10.2 Å². The van der Waals surface area contributed by atoms with Gasteiger partial charge in [-0.1, -0.05) is 25.5 Å². The summed E-state index contributed by atoms with van der Waals surface area (Å²) in [6.45, 7) is 11.1. The van der Waals surface area contributed by atoms with Crippen molar-refractivity contribution in [1.29, 1.82) is 5.26 Å². The molecular formula is C35H41BrN4O5. The standard InChI is InChI=1S/C35H41BrN4O5/c1-4-23-16-29-33(30(41)17-23)32(27(20-37)22(3)39-29)26-18-28(36)34(31(19-26)44-5-2)45-21-24-7-6-8-25(15-24)35(42)38-9-10-40-11-13-43-14-12-40/h6-8,15,18-19,23,27,32H,4-5,9-14,16-17,21H2,1-3H3,(H,38,42). The van der Waals surface area contributed by atoms with Crippen LogP contribution in [-0.2, 0) is 16.1 Å². The highest BCUT2D eigenvalue weighted by Gasteiger charge is 2.41. The summed E-state index contributed by atoms with van der Waals surface area (Å²) in [7, 11) is 0. The number of hydrogen-bond donors (Lipinski definition) is 1. The molecule has 0 spiro atoms. The summed E-state index contributed by atoms with van der Waals surface area (Å²) in [5.74, 6) is 0.272. The number of nitrogens with zero attached hydrogens (tertiary/aromatic N) is 3. The zero-order chi connectivity index (χ0) is 31.9. The van der Waals surface area contributed by atoms with Gasteiger partial charge < -0.3 is 19.5 Å². The Morgan fingerprint density at radius 2 is 1.98 bits per heavy atom. The second kappa shape index (κ2) is 15.2. The molecular weight excluding hydrogens is 636 g/mol. The average molecular weight is 678 g/mol. The van der Waals surface area contributed by atoms with Gasteiger partial charge in [0.15, 0.2) is 17.3 Å². The Morgan fingerprint density at radius 1 is 1.18 bits per heavy atom. The minimum atomic E-state index is -0.554. The maximum Gasteiger partial charge on any atom is 0.251 e. The number of hydrogen-bond acceptors (Lipinski definition) is 8. The van der Waals surface area contributed by atoms with Crippen LogP contribution in [0.5, 0.6) is 11.5 Å². The number of carbonyl (C=O) groups is 2. The third-order valence-corrected chi connectivity index (χ3v) is 9.36. The van der Waals surface area contributed by atoms with E-state index in [4.69, 9.17) is 19.2 Å². The first-order chi connectivity index (χ1) is 21.8. The van der Waals surface area contributed by atoms with E-state index in [9.17, 15) is 14.9 Å². The molecule has 2 aliphatic heterocycles. The van der Waals surface area contributed by atoms with Crippen LogP contribution in [0.1, 0.15) is 67.4 Å². The summed E-state index contributed by atoms with van der Waals surface area (Å²) >= 11 is 3.69. The molecule has 1 aliphatic carbocycles. The van der Waals surface area contributed by atoms with Gasteiger partial charge in [0.1, 0.15) is 6.61 Å². The van der Waals surface area contributed by atoms with Crippen molar-refractivity contribution in [3.05, 3.63) is 68.8 Å². The Labute approximate surface area is 273 Å². The molecule has 5 rings (SSSR count). The van der Waals surface area contributed by atoms with E-state index < -0.39 is 11.8 Å². The van der Waals surface area contributed by atoms with Gasteiger partial charge in [0.25, 0.3) is 5.91 Å². The highest BCUT2D eigenvalue weighted by Crippen LogP contribution is 2.48. The van der Waals surface area contributed by atoms with Gasteiger partial charge in [0.05, 0.1) is 36.3 Å². The fourth-order valence-corrected chi connectivity index (χ4v) is 6.91. The van der Waals surface area contributed by atoms with E-state index in [2.05, 4.69) is 39.1 Å². The largest absolute Gasteiger partial charge is 0.490 e. The lowest BCUT2D eigenvalue weighted by molar-refractivity contribution is -0.117. The van der Waals surface area contributed by atoms with Gasteiger partial charge in [0.2, 0.25) is 0 Å². The van der Waals surface area contributed by atoms with E-state index in [1.807, 2.05) is 44.2 Å². The van der Waals surface area contributed by atoms with Crippen molar-refractivity contribution >= 4 is 33.3 Å². The fraction of sp³-hybridized carbons (Fsp3) is 0.486. The molecule has 0 saturated carbocycles. The van der Waals surface area contributed by atoms with Crippen molar-refractivity contribution in [2.75, 3.05) is 46.0 Å². The van der Waals surface area contributed by atoms with Gasteiger partial charge >= 0.3 is 0 Å². The molecule has 2 aromatic carbocycles. The molecule has 0 radical (unpaired) electrons. The summed E-state index contributed by atoms with van der Waals surface area (Å²) in [5, 5.41) is 13.2. The lowest BCUT2D eigenvalue weighted by atomic mass is 9.70. The molecule has 2 heterocycles. The summed E-state index contributed by atoms with van der Waals surface area (Å²) in [5.41, 5.74) is 4.41. The second-order valence-electron chi connectivity index (χ2n) is 11.8. The first kappa shape index (κ1) is 32.9. The molecule has 0 aromatic heterocycles. The Hall–Kier alpha value is -3.52. The number of allylic oxidation sites excluding steroid dienone is 2. The highest BCUT2D eigenvalue weighted by atomic mass is 79.9. The molecule has 3 aliphatic rings. The summed E-state index contributed by atoms with van der Waals surface area (Å²) < 4.78 is 18.4. The molecule has 3 unspecified atom stereocenters. The van der Waals surface area contributed by atoms with Gasteiger partial charge in [-0.05, 0) is 77.5 Å². The van der Waals surface area contributed by atoms with Gasteiger partial charge in [-0.25, -0.2) is 0 Å². The Kier molecular flexibility index (Phi) is 11.1. The lowest BCUT2D eigenvalue weighted by Crippen LogP contribution is -2.41. The van der Waals surface area contributed by atoms with Crippen molar-refractivity contribution < 1.29 is 23.8 Å². The number of nitriles is 1. The molecule has 0 bridgehead atoms. The number of rotatable bonds is 11. The smallest absolute Gasteiger partial charge is 0.251 e. The minimum Gasteiger partial charge on any atom is -0.490 e. The van der Waals surface area contributed by atoms with E-state index in [0.717, 1.165) is 68.2 Å². The Bertz CT molecular complexity index is 1520. The predicted molar refractivity (Wildman–Crippen MR) is 176 cm³/mol. The predicted octanol–water partition coefficient (Wildman–Crippen LogP) is 5.83. The maximum atomic E-state index is 13.4. The molecule has 2 aromatic rings. The van der Waals surface area contributed by atoms with Crippen molar-refractivity contribution in [3.63, 3.8) is 0 Å². The van der Waals surface area contributed by atoms with Crippen LogP contribution in [0, 0.1) is 23.2 Å². The summed E-state index contributed by atoms with van der Waals surface area (Å²) in [6.07, 6.45) is 2.14. The summed E-state index contributed by atoms with van der Waals surface area (Å²) in [4.78, 5) is 33.3. The number of morpholine rings is 1. The Morgan fingerprint density at radius 3 is 2.71 bits per heavy atom. The van der Waals surface area contributed by atoms with E-state index in [-0.39, 0.29) is 24.2 Å². The van der Waals surface area contributed by atoms with Crippen LogP contribution in [0.2, 0.25) is 0 Å². The molecule has 3 atom stereocenters. The van der Waals surface area contributed by atoms with Crippen LogP contribution in [0.3, 0.4) is 0 Å². The first-order valence-corrected chi connectivity index (χ1v) is 16.6. The SMILES string of the molecule is CCOc1cc(C2C3=C(CC(CC)CC3=O)N=C(C)C2C#N)cc(Br)c1OCc1cccc(C(=O)NCCN2CCOCC2)c1. The van der Waals surface area contributed by atoms with E-state index in [1.54, 1.807) is 6.07 Å². The Balaban J connectivity index is 1.34. The number of ether oxygens (including phenoxy) is 3. The topological polar surface area (TPSA) is 113 Å². The van der Waals surface area contributed by atoms with Crippen LogP contribution in [0.15, 0.2) is 57.1 Å². The van der Waals surface area contributed by atoms with Crippen LogP contribution >= 0.6 is 15.9 Å². The van der Waals surface area contributed by atoms with Crippen LogP contribution in [0.4, 0.5) is 0 Å². The molecule has 1 fully saturated rings. The molecule has 10 heteroatoms. The van der Waals surface area contributed by atoms with Crippen molar-refractivity contribution in [2.24, 2.45) is 16.8 Å². The van der Waals surface area contributed by atoms with Gasteiger partial charge in [-0.15, -0.1) is 0 Å². The lowest BCUT2D eigenvalue weighted by Gasteiger charge is -2.35. The van der Waals surface area contributed by atoms with E-state index in [1.165, 1.54) is 0 Å². The first-order valence-electron chi connectivity index (χ1n) is 15.8. The van der Waals surface area contributed by atoms with Crippen LogP contribution in [0.25, 0.3) is 0 Å². The normalized spacial score (nSPS) is 21.9. The number of Topliss-reactive ketones (excluding diaryl/α,β-unsaturated/α-hetero) is 1. The number of halogens is 1. The molecule has 238 valence electrons. The molecule has 9 nitrogen and oxygen atoms in total. The van der Waals surface area contributed by atoms with Gasteiger partial charge in [0, 0.05) is 61.1 Å². The number of amides is 1. The fourth-order valence-electron chi connectivity index (χ4n) is 6.34. The average Bonchev–Trinajstić information content (AvgIpc) is 3.04. The number of nitrogens with one attached hydrogen (secondary N) is 1. The highest BCUT2D eigenvalue weighted by molar-refractivity contribution is 9.10. The number of ketones is 1.